The number of carbonyl (C=O) groups is 2. The minimum Gasteiger partial charge on any atom is -0.478 e. The monoisotopic (exact) mass is 574 g/mol. The zero-order valence-electron chi connectivity index (χ0n) is 23.8. The Labute approximate surface area is 243 Å². The molecule has 0 radical (unpaired) electrons. The topological polar surface area (TPSA) is 157 Å². The van der Waals surface area contributed by atoms with Crippen LogP contribution in [-0.4, -0.2) is 44.9 Å². The van der Waals surface area contributed by atoms with Gasteiger partial charge >= 0.3 is 11.9 Å². The van der Waals surface area contributed by atoms with E-state index in [9.17, 15) is 24.8 Å². The predicted octanol–water partition coefficient (Wildman–Crippen LogP) is 5.88. The highest BCUT2D eigenvalue weighted by atomic mass is 16.6. The van der Waals surface area contributed by atoms with Crippen molar-refractivity contribution in [1.29, 1.82) is 0 Å². The summed E-state index contributed by atoms with van der Waals surface area (Å²) >= 11 is 0. The number of carbonyl (C=O) groups excluding carboxylic acids is 1. The van der Waals surface area contributed by atoms with Gasteiger partial charge in [0.15, 0.2) is 0 Å². The van der Waals surface area contributed by atoms with Gasteiger partial charge in [0.1, 0.15) is 0 Å². The molecule has 0 saturated carbocycles. The van der Waals surface area contributed by atoms with Gasteiger partial charge in [0, 0.05) is 29.6 Å². The van der Waals surface area contributed by atoms with Crippen LogP contribution in [0.15, 0.2) is 83.2 Å². The lowest BCUT2D eigenvalue weighted by Crippen LogP contribution is -2.32. The summed E-state index contributed by atoms with van der Waals surface area (Å²) in [7, 11) is 0. The summed E-state index contributed by atoms with van der Waals surface area (Å²) in [6, 6.07) is 17.4. The minimum absolute atomic E-state index is 0.0616. The molecule has 1 aliphatic rings. The molecule has 1 aliphatic heterocycles. The average Bonchev–Trinajstić information content (AvgIpc) is 3.43. The fourth-order valence-electron chi connectivity index (χ4n) is 5.03. The van der Waals surface area contributed by atoms with Crippen LogP contribution in [0.25, 0.3) is 11.3 Å². The number of esters is 1. The van der Waals surface area contributed by atoms with Gasteiger partial charge in [0.2, 0.25) is 5.88 Å². The lowest BCUT2D eigenvalue weighted by atomic mass is 9.80. The number of aliphatic carboxylic acids is 1. The highest BCUT2D eigenvalue weighted by Crippen LogP contribution is 2.40. The van der Waals surface area contributed by atoms with E-state index in [1.165, 1.54) is 18.2 Å². The van der Waals surface area contributed by atoms with Gasteiger partial charge in [-0.05, 0) is 57.6 Å². The van der Waals surface area contributed by atoms with Crippen molar-refractivity contribution in [2.75, 3.05) is 6.61 Å². The first-order chi connectivity index (χ1) is 20.2. The van der Waals surface area contributed by atoms with Gasteiger partial charge in [0.25, 0.3) is 5.69 Å². The Bertz CT molecular complexity index is 1510. The van der Waals surface area contributed by atoms with Gasteiger partial charge in [-0.2, -0.15) is 0 Å². The molecular weight excluding hydrogens is 540 g/mol. The second kappa shape index (κ2) is 13.6. The number of nitro groups is 1. The third kappa shape index (κ3) is 7.22. The molecule has 11 heteroatoms. The summed E-state index contributed by atoms with van der Waals surface area (Å²) in [4.78, 5) is 36.4. The number of nitro benzene ring substituents is 1. The Morgan fingerprint density at radius 2 is 1.76 bits per heavy atom. The van der Waals surface area contributed by atoms with Crippen LogP contribution in [-0.2, 0) is 14.3 Å². The molecule has 42 heavy (non-hydrogen) atoms. The summed E-state index contributed by atoms with van der Waals surface area (Å²) in [6.45, 7) is 5.55. The normalized spacial score (nSPS) is 15.6. The van der Waals surface area contributed by atoms with E-state index in [-0.39, 0.29) is 16.8 Å². The van der Waals surface area contributed by atoms with E-state index in [4.69, 9.17) is 9.47 Å². The molecule has 0 spiro atoms. The molecule has 0 aliphatic carbocycles. The molecule has 2 heterocycles. The fourth-order valence-corrected chi connectivity index (χ4v) is 5.03. The van der Waals surface area contributed by atoms with Crippen LogP contribution in [0.3, 0.4) is 0 Å². The van der Waals surface area contributed by atoms with Gasteiger partial charge in [0.05, 0.1) is 40.4 Å². The summed E-state index contributed by atoms with van der Waals surface area (Å²) in [6.07, 6.45) is 2.61. The van der Waals surface area contributed by atoms with Crippen molar-refractivity contribution in [3.05, 3.63) is 98.9 Å². The molecule has 0 saturated heterocycles. The van der Waals surface area contributed by atoms with Crippen LogP contribution >= 0.6 is 0 Å². The first kappa shape index (κ1) is 30.0. The predicted molar refractivity (Wildman–Crippen MR) is 156 cm³/mol. The molecule has 0 bridgehead atoms. The summed E-state index contributed by atoms with van der Waals surface area (Å²) in [5, 5.41) is 31.5. The van der Waals surface area contributed by atoms with Crippen LogP contribution in [0.1, 0.15) is 57.9 Å². The highest BCUT2D eigenvalue weighted by molar-refractivity contribution is 5.99. The van der Waals surface area contributed by atoms with Gasteiger partial charge in [-0.15, -0.1) is 5.10 Å². The maximum absolute atomic E-state index is 13.4. The van der Waals surface area contributed by atoms with E-state index in [1.807, 2.05) is 36.4 Å². The Kier molecular flexibility index (Phi) is 9.74. The molecule has 220 valence electrons. The van der Waals surface area contributed by atoms with E-state index in [1.54, 1.807) is 26.8 Å². The van der Waals surface area contributed by atoms with E-state index in [0.717, 1.165) is 30.5 Å². The number of hydrogen-bond acceptors (Lipinski definition) is 8. The number of aromatic nitrogens is 2. The zero-order chi connectivity index (χ0) is 30.2. The number of nitrogens with one attached hydrogen (secondary N) is 2. The Morgan fingerprint density at radius 3 is 2.48 bits per heavy atom. The lowest BCUT2D eigenvalue weighted by Gasteiger charge is -2.30. The zero-order valence-corrected chi connectivity index (χ0v) is 23.8. The van der Waals surface area contributed by atoms with Crippen LogP contribution in [0, 0.1) is 10.1 Å². The van der Waals surface area contributed by atoms with Gasteiger partial charge < -0.3 is 19.9 Å². The molecule has 2 atom stereocenters. The van der Waals surface area contributed by atoms with Crippen molar-refractivity contribution in [3.8, 4) is 17.1 Å². The smallest absolute Gasteiger partial charge is 0.337 e. The lowest BCUT2D eigenvalue weighted by molar-refractivity contribution is -0.384. The van der Waals surface area contributed by atoms with Crippen molar-refractivity contribution in [3.63, 3.8) is 0 Å². The molecule has 2 aromatic carbocycles. The number of hydrogen-bond donors (Lipinski definition) is 3. The van der Waals surface area contributed by atoms with Gasteiger partial charge in [-0.25, -0.2) is 9.59 Å². The molecular formula is C31H34N4O7. The molecule has 1 aromatic heterocycles. The maximum atomic E-state index is 13.4. The minimum atomic E-state index is -1.23. The van der Waals surface area contributed by atoms with Gasteiger partial charge in [-0.1, -0.05) is 42.5 Å². The standard InChI is InChI=1S/C31H34N4O7/c1-19(11-6-5-9-16-41-26-18-25(33-34-26)22-12-7-4-8-13-22)42-31(38)28-21(3)32-20(2)27(30(36)37)29(28)23-14-10-15-24(17-23)35(39)40/h4,7-8,10,12-15,17-19,29,32H,5-6,9,11,16H2,1-3H3,(H,33,34)(H,36,37). The number of dihydropyridines is 1. The highest BCUT2D eigenvalue weighted by Gasteiger charge is 2.38. The number of allylic oxidation sites excluding steroid dienone is 2. The molecule has 4 rings (SSSR count). The van der Waals surface area contributed by atoms with Crippen molar-refractivity contribution in [2.45, 2.75) is 58.5 Å². The number of non-ortho nitro benzene ring substituents is 1. The molecule has 0 fully saturated rings. The summed E-state index contributed by atoms with van der Waals surface area (Å²) in [5.74, 6) is -2.38. The van der Waals surface area contributed by atoms with Crippen LogP contribution in [0.4, 0.5) is 5.69 Å². The molecule has 11 nitrogen and oxygen atoms in total. The third-order valence-corrected chi connectivity index (χ3v) is 7.08. The van der Waals surface area contributed by atoms with E-state index >= 15 is 0 Å². The summed E-state index contributed by atoms with van der Waals surface area (Å²) < 4.78 is 11.5. The first-order valence-corrected chi connectivity index (χ1v) is 13.8. The van der Waals surface area contributed by atoms with Crippen LogP contribution < -0.4 is 10.1 Å². The largest absolute Gasteiger partial charge is 0.478 e. The number of ether oxygens (including phenoxy) is 2. The van der Waals surface area contributed by atoms with E-state index < -0.39 is 28.9 Å². The quantitative estimate of drug-likeness (QED) is 0.0982. The van der Waals surface area contributed by atoms with Crippen molar-refractivity contribution in [2.24, 2.45) is 0 Å². The number of aromatic amines is 1. The van der Waals surface area contributed by atoms with E-state index in [2.05, 4.69) is 15.5 Å². The number of H-pyrrole nitrogens is 1. The average molecular weight is 575 g/mol. The van der Waals surface area contributed by atoms with Crippen molar-refractivity contribution in [1.82, 2.24) is 15.5 Å². The molecule has 3 N–H and O–H groups in total. The number of benzene rings is 2. The SMILES string of the molecule is CC1=C(C(=O)O)C(c2cccc([N+](=O)[O-])c2)C(C(=O)OC(C)CCCCCOc2cc(-c3ccccc3)[nH]n2)=C(C)N1. The summed E-state index contributed by atoms with van der Waals surface area (Å²) in [5.41, 5.74) is 2.90. The number of rotatable bonds is 13. The number of carboxylic acid groups (broad SMARTS) is 1. The molecule has 2 unspecified atom stereocenters. The Hall–Kier alpha value is -4.93. The first-order valence-electron chi connectivity index (χ1n) is 13.8. The number of carboxylic acids is 1. The third-order valence-electron chi connectivity index (χ3n) is 7.08. The van der Waals surface area contributed by atoms with Crippen LogP contribution in [0.2, 0.25) is 0 Å². The van der Waals surface area contributed by atoms with Gasteiger partial charge in [-0.3, -0.25) is 15.2 Å². The van der Waals surface area contributed by atoms with Crippen LogP contribution in [0.5, 0.6) is 5.88 Å². The number of nitrogens with zero attached hydrogens (tertiary/aromatic N) is 2. The Morgan fingerprint density at radius 1 is 1.02 bits per heavy atom. The maximum Gasteiger partial charge on any atom is 0.337 e. The molecule has 3 aromatic rings. The fraction of sp³-hybridized carbons (Fsp3) is 0.323. The number of unbranched alkanes of at least 4 members (excludes halogenated alkanes) is 2. The van der Waals surface area contributed by atoms with Crippen molar-refractivity contribution < 1.29 is 29.1 Å². The molecule has 0 amide bonds. The van der Waals surface area contributed by atoms with Crippen molar-refractivity contribution >= 4 is 17.6 Å². The van der Waals surface area contributed by atoms with E-state index in [0.29, 0.717) is 35.9 Å². The second-order valence-electron chi connectivity index (χ2n) is 10.2. The Balaban J connectivity index is 1.31. The second-order valence-corrected chi connectivity index (χ2v) is 10.2.